The summed E-state index contributed by atoms with van der Waals surface area (Å²) >= 11 is 0. The summed E-state index contributed by atoms with van der Waals surface area (Å²) < 4.78 is 39.2. The average molecular weight is 288 g/mol. The van der Waals surface area contributed by atoms with E-state index in [2.05, 4.69) is 4.98 Å². The molecule has 19 heavy (non-hydrogen) atoms. The molecule has 0 amide bonds. The summed E-state index contributed by atoms with van der Waals surface area (Å²) in [5, 5.41) is 9.31. The summed E-state index contributed by atoms with van der Waals surface area (Å²) in [5.74, 6) is -0.875. The number of hydrogen-bond donors (Lipinski definition) is 1. The largest absolute Gasteiger partial charge is 0.391 e. The second-order valence-corrected chi connectivity index (χ2v) is 6.64. The minimum Gasteiger partial charge on any atom is -0.391 e. The molecule has 1 aromatic heterocycles. The van der Waals surface area contributed by atoms with E-state index in [1.807, 2.05) is 0 Å². The van der Waals surface area contributed by atoms with Crippen molar-refractivity contribution in [2.75, 3.05) is 7.05 Å². The Balaban J connectivity index is 2.31. The number of aliphatic hydroxyl groups is 1. The van der Waals surface area contributed by atoms with Crippen molar-refractivity contribution in [1.29, 1.82) is 0 Å². The third-order valence-corrected chi connectivity index (χ3v) is 5.33. The maximum Gasteiger partial charge on any atom is 0.263 e. The Bertz CT molecular complexity index is 550. The molecule has 1 aliphatic carbocycles. The van der Waals surface area contributed by atoms with E-state index in [0.29, 0.717) is 12.8 Å². The number of aliphatic hydroxyl groups excluding tert-OH is 1. The highest BCUT2D eigenvalue weighted by Gasteiger charge is 2.36. The summed E-state index contributed by atoms with van der Waals surface area (Å²) in [6.45, 7) is 0. The van der Waals surface area contributed by atoms with Crippen LogP contribution < -0.4 is 0 Å². The van der Waals surface area contributed by atoms with Gasteiger partial charge in [-0.05, 0) is 25.0 Å². The molecule has 1 N–H and O–H groups in total. The van der Waals surface area contributed by atoms with Crippen LogP contribution in [0.3, 0.4) is 0 Å². The van der Waals surface area contributed by atoms with E-state index in [1.165, 1.54) is 19.3 Å². The zero-order chi connectivity index (χ0) is 14.0. The van der Waals surface area contributed by atoms with E-state index < -0.39 is 33.0 Å². The Morgan fingerprint density at radius 2 is 2.11 bits per heavy atom. The number of pyridine rings is 1. The molecule has 7 heteroatoms. The van der Waals surface area contributed by atoms with E-state index in [-0.39, 0.29) is 0 Å². The molecule has 2 rings (SSSR count). The maximum atomic E-state index is 13.6. The fraction of sp³-hybridized carbons (Fsp3) is 0.583. The molecule has 106 valence electrons. The summed E-state index contributed by atoms with van der Waals surface area (Å²) in [6, 6.07) is 1.88. The van der Waals surface area contributed by atoms with Crippen LogP contribution in [0.15, 0.2) is 23.4 Å². The Morgan fingerprint density at radius 1 is 1.42 bits per heavy atom. The minimum absolute atomic E-state index is 0.514. The van der Waals surface area contributed by atoms with Gasteiger partial charge in [-0.1, -0.05) is 12.8 Å². The van der Waals surface area contributed by atoms with E-state index in [0.717, 1.165) is 23.2 Å². The highest BCUT2D eigenvalue weighted by molar-refractivity contribution is 7.89. The monoisotopic (exact) mass is 288 g/mol. The first kappa shape index (κ1) is 14.4. The van der Waals surface area contributed by atoms with Gasteiger partial charge in [-0.15, -0.1) is 0 Å². The standard InChI is InChI=1S/C12H17FN2O3S/c1-15(10-6-2-3-7-11(10)16)19(17,18)12-9(13)5-4-8-14-12/h4-5,8,10-11,16H,2-3,6-7H2,1H3. The highest BCUT2D eigenvalue weighted by atomic mass is 32.2. The van der Waals surface area contributed by atoms with Crippen LogP contribution >= 0.6 is 0 Å². The lowest BCUT2D eigenvalue weighted by Gasteiger charge is -2.34. The van der Waals surface area contributed by atoms with Gasteiger partial charge in [0.2, 0.25) is 5.03 Å². The van der Waals surface area contributed by atoms with E-state index in [9.17, 15) is 17.9 Å². The predicted octanol–water partition coefficient (Wildman–Crippen LogP) is 1.14. The maximum absolute atomic E-state index is 13.6. The number of aromatic nitrogens is 1. The van der Waals surface area contributed by atoms with E-state index >= 15 is 0 Å². The SMILES string of the molecule is CN(C1CCCCC1O)S(=O)(=O)c1ncccc1F. The van der Waals surface area contributed by atoms with Crippen LogP contribution in [0.2, 0.25) is 0 Å². The molecule has 0 aliphatic heterocycles. The van der Waals surface area contributed by atoms with Crippen LogP contribution in [0.1, 0.15) is 25.7 Å². The van der Waals surface area contributed by atoms with Crippen LogP contribution in [-0.4, -0.2) is 42.0 Å². The molecule has 0 radical (unpaired) electrons. The van der Waals surface area contributed by atoms with Crippen molar-refractivity contribution < 1.29 is 17.9 Å². The first-order valence-corrected chi connectivity index (χ1v) is 7.65. The zero-order valence-corrected chi connectivity index (χ0v) is 11.5. The topological polar surface area (TPSA) is 70.5 Å². The van der Waals surface area contributed by atoms with Gasteiger partial charge < -0.3 is 5.11 Å². The van der Waals surface area contributed by atoms with Crippen LogP contribution in [0.25, 0.3) is 0 Å². The Kier molecular flexibility index (Phi) is 4.17. The summed E-state index contributed by atoms with van der Waals surface area (Å²) in [4.78, 5) is 3.60. The molecular formula is C12H17FN2O3S. The van der Waals surface area contributed by atoms with E-state index in [4.69, 9.17) is 0 Å². The van der Waals surface area contributed by atoms with Crippen molar-refractivity contribution in [1.82, 2.24) is 9.29 Å². The highest BCUT2D eigenvalue weighted by Crippen LogP contribution is 2.26. The fourth-order valence-corrected chi connectivity index (χ4v) is 3.78. The fourth-order valence-electron chi connectivity index (χ4n) is 2.39. The van der Waals surface area contributed by atoms with Gasteiger partial charge in [-0.25, -0.2) is 17.8 Å². The van der Waals surface area contributed by atoms with Crippen molar-refractivity contribution in [2.24, 2.45) is 0 Å². The van der Waals surface area contributed by atoms with Crippen molar-refractivity contribution in [3.05, 3.63) is 24.1 Å². The number of sulfonamides is 1. The molecule has 1 aliphatic rings. The van der Waals surface area contributed by atoms with Crippen LogP contribution in [0, 0.1) is 5.82 Å². The third kappa shape index (κ3) is 2.77. The Hall–Kier alpha value is -1.05. The van der Waals surface area contributed by atoms with Crippen molar-refractivity contribution >= 4 is 10.0 Å². The number of likely N-dealkylation sites (N-methyl/N-ethyl adjacent to an activating group) is 1. The molecule has 2 atom stereocenters. The van der Waals surface area contributed by atoms with Gasteiger partial charge in [0.15, 0.2) is 5.82 Å². The third-order valence-electron chi connectivity index (χ3n) is 3.51. The van der Waals surface area contributed by atoms with E-state index in [1.54, 1.807) is 0 Å². The zero-order valence-electron chi connectivity index (χ0n) is 10.7. The van der Waals surface area contributed by atoms with Crippen molar-refractivity contribution in [3.8, 4) is 0 Å². The molecule has 5 nitrogen and oxygen atoms in total. The second-order valence-electron chi connectivity index (χ2n) is 4.73. The van der Waals surface area contributed by atoms with Crippen molar-refractivity contribution in [3.63, 3.8) is 0 Å². The average Bonchev–Trinajstić information content (AvgIpc) is 2.39. The Labute approximate surface area is 112 Å². The molecule has 1 aromatic rings. The Morgan fingerprint density at radius 3 is 2.74 bits per heavy atom. The lowest BCUT2D eigenvalue weighted by atomic mass is 9.93. The number of rotatable bonds is 3. The van der Waals surface area contributed by atoms with Gasteiger partial charge in [0.25, 0.3) is 10.0 Å². The van der Waals surface area contributed by atoms with Crippen LogP contribution in [-0.2, 0) is 10.0 Å². The molecule has 0 saturated heterocycles. The second kappa shape index (κ2) is 5.52. The molecule has 1 saturated carbocycles. The van der Waals surface area contributed by atoms with Crippen LogP contribution in [0.5, 0.6) is 0 Å². The normalized spacial score (nSPS) is 24.6. The molecule has 0 bridgehead atoms. The van der Waals surface area contributed by atoms with Gasteiger partial charge in [0.1, 0.15) is 0 Å². The summed E-state index contributed by atoms with van der Waals surface area (Å²) in [6.07, 6.45) is 3.40. The van der Waals surface area contributed by atoms with Crippen LogP contribution in [0.4, 0.5) is 4.39 Å². The summed E-state index contributed by atoms with van der Waals surface area (Å²) in [5.41, 5.74) is 0. The van der Waals surface area contributed by atoms with Gasteiger partial charge in [0.05, 0.1) is 12.1 Å². The first-order chi connectivity index (χ1) is 8.94. The smallest absolute Gasteiger partial charge is 0.263 e. The summed E-state index contributed by atoms with van der Waals surface area (Å²) in [7, 11) is -2.65. The predicted molar refractivity (Wildman–Crippen MR) is 67.4 cm³/mol. The van der Waals surface area contributed by atoms with Crippen molar-refractivity contribution in [2.45, 2.75) is 42.9 Å². The molecule has 0 spiro atoms. The molecule has 2 unspecified atom stereocenters. The molecular weight excluding hydrogens is 271 g/mol. The number of nitrogens with zero attached hydrogens (tertiary/aromatic N) is 2. The van der Waals surface area contributed by atoms with Gasteiger partial charge in [-0.3, -0.25) is 0 Å². The molecule has 1 fully saturated rings. The minimum atomic E-state index is -4.01. The number of hydrogen-bond acceptors (Lipinski definition) is 4. The molecule has 1 heterocycles. The molecule has 0 aromatic carbocycles. The lowest BCUT2D eigenvalue weighted by molar-refractivity contribution is 0.0636. The quantitative estimate of drug-likeness (QED) is 0.905. The van der Waals surface area contributed by atoms with Gasteiger partial charge in [-0.2, -0.15) is 4.31 Å². The first-order valence-electron chi connectivity index (χ1n) is 6.21. The number of halogens is 1. The lowest BCUT2D eigenvalue weighted by Crippen LogP contribution is -2.46. The van der Waals surface area contributed by atoms with Gasteiger partial charge in [0, 0.05) is 13.2 Å². The van der Waals surface area contributed by atoms with Gasteiger partial charge >= 0.3 is 0 Å².